The smallest absolute Gasteiger partial charge is 0.306 e. The first-order chi connectivity index (χ1) is 15.1. The molecule has 0 radical (unpaired) electrons. The van der Waals surface area contributed by atoms with E-state index in [1.807, 2.05) is 0 Å². The Hall–Kier alpha value is -1.06. The molecule has 0 fully saturated rings. The second-order valence-electron chi connectivity index (χ2n) is 9.14. The molecule has 1 atom stereocenters. The van der Waals surface area contributed by atoms with E-state index in [0.29, 0.717) is 12.8 Å². The van der Waals surface area contributed by atoms with Gasteiger partial charge in [0.15, 0.2) is 0 Å². The average molecular weight is 441 g/mol. The molecule has 0 N–H and O–H groups in total. The van der Waals surface area contributed by atoms with Gasteiger partial charge in [0.2, 0.25) is 0 Å². The summed E-state index contributed by atoms with van der Waals surface area (Å²) in [7, 11) is 0. The van der Waals surface area contributed by atoms with Crippen molar-refractivity contribution in [2.45, 2.75) is 155 Å². The van der Waals surface area contributed by atoms with E-state index in [-0.39, 0.29) is 24.6 Å². The van der Waals surface area contributed by atoms with Crippen LogP contribution >= 0.6 is 0 Å². The van der Waals surface area contributed by atoms with Gasteiger partial charge in [-0.05, 0) is 19.8 Å². The van der Waals surface area contributed by atoms with Gasteiger partial charge in [-0.15, -0.1) is 0 Å². The van der Waals surface area contributed by atoms with Crippen molar-refractivity contribution in [2.24, 2.45) is 0 Å². The van der Waals surface area contributed by atoms with Crippen molar-refractivity contribution < 1.29 is 19.1 Å². The highest BCUT2D eigenvalue weighted by Crippen LogP contribution is 2.13. The van der Waals surface area contributed by atoms with Gasteiger partial charge < -0.3 is 9.47 Å². The van der Waals surface area contributed by atoms with Crippen LogP contribution in [0.15, 0.2) is 0 Å². The Bertz CT molecular complexity index is 408. The zero-order chi connectivity index (χ0) is 23.0. The summed E-state index contributed by atoms with van der Waals surface area (Å²) in [5.74, 6) is -0.359. The quantitative estimate of drug-likeness (QED) is 0.118. The second kappa shape index (κ2) is 23.6. The Morgan fingerprint density at radius 3 is 1.32 bits per heavy atom. The Morgan fingerprint density at radius 2 is 0.903 bits per heavy atom. The van der Waals surface area contributed by atoms with Crippen molar-refractivity contribution in [3.63, 3.8) is 0 Å². The fraction of sp³-hybridized carbons (Fsp3) is 0.926. The number of hydrogen-bond donors (Lipinski definition) is 0. The van der Waals surface area contributed by atoms with E-state index in [1.54, 1.807) is 6.92 Å². The Labute approximate surface area is 193 Å². The molecule has 0 amide bonds. The third-order valence-corrected chi connectivity index (χ3v) is 5.78. The monoisotopic (exact) mass is 440 g/mol. The zero-order valence-electron chi connectivity index (χ0n) is 21.1. The predicted octanol–water partition coefficient (Wildman–Crippen LogP) is 8.30. The van der Waals surface area contributed by atoms with Crippen molar-refractivity contribution in [2.75, 3.05) is 6.61 Å². The van der Waals surface area contributed by atoms with Gasteiger partial charge in [0.05, 0.1) is 0 Å². The normalized spacial score (nSPS) is 12.0. The van der Waals surface area contributed by atoms with Crippen LogP contribution in [0.4, 0.5) is 0 Å². The molecule has 0 aromatic heterocycles. The van der Waals surface area contributed by atoms with Crippen LogP contribution in [0.1, 0.15) is 149 Å². The minimum Gasteiger partial charge on any atom is -0.462 e. The van der Waals surface area contributed by atoms with Crippen molar-refractivity contribution in [3.05, 3.63) is 0 Å². The predicted molar refractivity (Wildman–Crippen MR) is 130 cm³/mol. The molecule has 0 saturated heterocycles. The van der Waals surface area contributed by atoms with Gasteiger partial charge in [-0.3, -0.25) is 9.59 Å². The van der Waals surface area contributed by atoms with Crippen LogP contribution in [0.2, 0.25) is 0 Å². The van der Waals surface area contributed by atoms with Crippen molar-refractivity contribution in [1.82, 2.24) is 0 Å². The van der Waals surface area contributed by atoms with Gasteiger partial charge >= 0.3 is 11.9 Å². The number of hydrogen-bond acceptors (Lipinski definition) is 4. The summed E-state index contributed by atoms with van der Waals surface area (Å²) in [5, 5.41) is 0. The third kappa shape index (κ3) is 23.4. The SMILES string of the molecule is CCCCCCCCCCCCCCCC(=O)OC[C@H](C)OC(=O)CCCCCCC. The molecule has 0 aromatic carbocycles. The summed E-state index contributed by atoms with van der Waals surface area (Å²) in [5.41, 5.74) is 0. The minimum atomic E-state index is -0.362. The lowest BCUT2D eigenvalue weighted by Crippen LogP contribution is -2.22. The van der Waals surface area contributed by atoms with Gasteiger partial charge in [0, 0.05) is 12.8 Å². The summed E-state index contributed by atoms with van der Waals surface area (Å²) in [6.07, 6.45) is 22.9. The summed E-state index contributed by atoms with van der Waals surface area (Å²) in [4.78, 5) is 23.6. The van der Waals surface area contributed by atoms with Gasteiger partial charge in [0.25, 0.3) is 0 Å². The summed E-state index contributed by atoms with van der Waals surface area (Å²) in [6.45, 7) is 6.39. The molecule has 4 heteroatoms. The number of carbonyl (C=O) groups is 2. The van der Waals surface area contributed by atoms with Crippen molar-refractivity contribution in [1.29, 1.82) is 0 Å². The van der Waals surface area contributed by atoms with Crippen LogP contribution < -0.4 is 0 Å². The summed E-state index contributed by atoms with van der Waals surface area (Å²) in [6, 6.07) is 0. The topological polar surface area (TPSA) is 52.6 Å². The van der Waals surface area contributed by atoms with E-state index in [1.165, 1.54) is 89.9 Å². The maximum absolute atomic E-state index is 11.8. The lowest BCUT2D eigenvalue weighted by molar-refractivity contribution is -0.158. The number of carbonyl (C=O) groups excluding carboxylic acids is 2. The van der Waals surface area contributed by atoms with Crippen LogP contribution in [0, 0.1) is 0 Å². The first-order valence-corrected chi connectivity index (χ1v) is 13.4. The van der Waals surface area contributed by atoms with Gasteiger partial charge in [-0.25, -0.2) is 0 Å². The maximum atomic E-state index is 11.8. The van der Waals surface area contributed by atoms with Crippen molar-refractivity contribution in [3.8, 4) is 0 Å². The molecule has 0 rings (SSSR count). The lowest BCUT2D eigenvalue weighted by atomic mass is 10.0. The second-order valence-corrected chi connectivity index (χ2v) is 9.14. The largest absolute Gasteiger partial charge is 0.462 e. The highest BCUT2D eigenvalue weighted by molar-refractivity contribution is 5.70. The molecule has 0 aliphatic carbocycles. The molecule has 0 aliphatic heterocycles. The fourth-order valence-electron chi connectivity index (χ4n) is 3.76. The summed E-state index contributed by atoms with van der Waals surface area (Å²) >= 11 is 0. The van der Waals surface area contributed by atoms with E-state index >= 15 is 0 Å². The zero-order valence-corrected chi connectivity index (χ0v) is 21.1. The molecule has 0 saturated carbocycles. The Balaban J connectivity index is 3.41. The van der Waals surface area contributed by atoms with E-state index in [0.717, 1.165) is 25.7 Å². The molecule has 0 unspecified atom stereocenters. The molecule has 0 bridgehead atoms. The number of unbranched alkanes of at least 4 members (excludes halogenated alkanes) is 16. The standard InChI is InChI=1S/C27H52O4/c1-4-6-8-10-11-12-13-14-15-16-17-19-20-22-26(28)30-24-25(3)31-27(29)23-21-18-9-7-5-2/h25H,4-24H2,1-3H3/t25-/m0/s1. The number of ether oxygens (including phenoxy) is 2. The number of rotatable bonds is 23. The van der Waals surface area contributed by atoms with Crippen LogP contribution in [0.5, 0.6) is 0 Å². The molecule has 184 valence electrons. The van der Waals surface area contributed by atoms with E-state index < -0.39 is 0 Å². The minimum absolute atomic E-state index is 0.166. The Morgan fingerprint density at radius 1 is 0.548 bits per heavy atom. The van der Waals surface area contributed by atoms with E-state index in [2.05, 4.69) is 13.8 Å². The maximum Gasteiger partial charge on any atom is 0.306 e. The van der Waals surface area contributed by atoms with Crippen LogP contribution in [0.25, 0.3) is 0 Å². The molecule has 0 aliphatic rings. The van der Waals surface area contributed by atoms with Crippen LogP contribution in [-0.2, 0) is 19.1 Å². The van der Waals surface area contributed by atoms with Gasteiger partial charge in [-0.1, -0.05) is 117 Å². The van der Waals surface area contributed by atoms with E-state index in [9.17, 15) is 9.59 Å². The average Bonchev–Trinajstić information content (AvgIpc) is 2.75. The molecule has 0 aromatic rings. The molecular weight excluding hydrogens is 388 g/mol. The highest BCUT2D eigenvalue weighted by atomic mass is 16.6. The third-order valence-electron chi connectivity index (χ3n) is 5.78. The first-order valence-electron chi connectivity index (χ1n) is 13.4. The van der Waals surface area contributed by atoms with Crippen molar-refractivity contribution >= 4 is 11.9 Å². The van der Waals surface area contributed by atoms with Crippen LogP contribution in [0.3, 0.4) is 0 Å². The number of esters is 2. The molecule has 31 heavy (non-hydrogen) atoms. The Kier molecular flexibility index (Phi) is 22.8. The molecule has 0 heterocycles. The fourth-order valence-corrected chi connectivity index (χ4v) is 3.76. The molecule has 4 nitrogen and oxygen atoms in total. The van der Waals surface area contributed by atoms with Crippen LogP contribution in [-0.4, -0.2) is 24.6 Å². The first kappa shape index (κ1) is 29.9. The molecule has 0 spiro atoms. The highest BCUT2D eigenvalue weighted by Gasteiger charge is 2.12. The lowest BCUT2D eigenvalue weighted by Gasteiger charge is -2.13. The molecular formula is C27H52O4. The van der Waals surface area contributed by atoms with Gasteiger partial charge in [0.1, 0.15) is 12.7 Å². The van der Waals surface area contributed by atoms with E-state index in [4.69, 9.17) is 9.47 Å². The summed E-state index contributed by atoms with van der Waals surface area (Å²) < 4.78 is 10.6. The van der Waals surface area contributed by atoms with Gasteiger partial charge in [-0.2, -0.15) is 0 Å².